The van der Waals surface area contributed by atoms with Crippen LogP contribution >= 0.6 is 24.0 Å². The van der Waals surface area contributed by atoms with Crippen LogP contribution in [0.4, 0.5) is 0 Å². The first-order chi connectivity index (χ1) is 11.1. The number of β-amino-alcohol motifs (C(OH)–C–C–N with tert-alkyl or cyclic N) is 1. The van der Waals surface area contributed by atoms with Gasteiger partial charge >= 0.3 is 0 Å². The van der Waals surface area contributed by atoms with Crippen LogP contribution in [0.1, 0.15) is 44.1 Å². The van der Waals surface area contributed by atoms with E-state index >= 15 is 0 Å². The molecule has 1 amide bonds. The summed E-state index contributed by atoms with van der Waals surface area (Å²) in [6, 6.07) is 7.79. The average Bonchev–Trinajstić information content (AvgIpc) is 3.01. The maximum Gasteiger partial charge on any atom is 0.237 e. The number of rotatable bonds is 4. The zero-order chi connectivity index (χ0) is 16.3. The molecular formula is C18H26Cl2N2O2. The van der Waals surface area contributed by atoms with Gasteiger partial charge in [-0.05, 0) is 37.0 Å². The lowest BCUT2D eigenvalue weighted by Crippen LogP contribution is -2.47. The maximum absolute atomic E-state index is 12.4. The Labute approximate surface area is 154 Å². The summed E-state index contributed by atoms with van der Waals surface area (Å²) in [6.45, 7) is 1.15. The molecule has 1 heterocycles. The van der Waals surface area contributed by atoms with Gasteiger partial charge in [-0.1, -0.05) is 43.0 Å². The molecule has 2 unspecified atom stereocenters. The number of carbonyl (C=O) groups is 1. The molecule has 1 aliphatic carbocycles. The van der Waals surface area contributed by atoms with Crippen molar-refractivity contribution >= 4 is 29.9 Å². The number of aliphatic hydroxyl groups excluding tert-OH is 1. The van der Waals surface area contributed by atoms with Crippen LogP contribution in [-0.4, -0.2) is 36.2 Å². The van der Waals surface area contributed by atoms with Gasteiger partial charge in [-0.2, -0.15) is 0 Å². The number of halogens is 2. The Bertz CT molecular complexity index is 544. The van der Waals surface area contributed by atoms with Gasteiger partial charge in [-0.15, -0.1) is 12.4 Å². The van der Waals surface area contributed by atoms with Crippen molar-refractivity contribution in [2.45, 2.75) is 56.1 Å². The number of carbonyl (C=O) groups excluding carboxylic acids is 1. The predicted molar refractivity (Wildman–Crippen MR) is 98.9 cm³/mol. The first-order valence-corrected chi connectivity index (χ1v) is 8.92. The summed E-state index contributed by atoms with van der Waals surface area (Å²) in [7, 11) is 0. The second-order valence-electron chi connectivity index (χ2n) is 6.92. The average molecular weight is 373 g/mol. The van der Waals surface area contributed by atoms with Crippen LogP contribution in [0.3, 0.4) is 0 Å². The maximum atomic E-state index is 12.4. The van der Waals surface area contributed by atoms with Gasteiger partial charge in [0.2, 0.25) is 5.91 Å². The topological polar surface area (TPSA) is 61.4 Å². The van der Waals surface area contributed by atoms with Crippen LogP contribution in [-0.2, 0) is 10.2 Å². The van der Waals surface area contributed by atoms with Crippen LogP contribution < -0.4 is 10.6 Å². The van der Waals surface area contributed by atoms with Crippen LogP contribution in [0.5, 0.6) is 0 Å². The predicted octanol–water partition coefficient (Wildman–Crippen LogP) is 2.80. The minimum Gasteiger partial charge on any atom is -0.392 e. The standard InChI is InChI=1S/C18H25ClN2O2.ClH/c19-14-6-4-13(5-7-14)18(8-2-1-3-9-18)12-21-17(23)16-10-15(22)11-20-16;/h4-7,15-16,20,22H,1-3,8-12H2,(H,21,23);1H. The van der Waals surface area contributed by atoms with Crippen LogP contribution in [0.25, 0.3) is 0 Å². The number of hydrogen-bond donors (Lipinski definition) is 3. The molecule has 2 atom stereocenters. The number of amides is 1. The number of nitrogens with one attached hydrogen (secondary N) is 2. The van der Waals surface area contributed by atoms with Gasteiger partial charge in [0.25, 0.3) is 0 Å². The smallest absolute Gasteiger partial charge is 0.237 e. The van der Waals surface area contributed by atoms with Crippen molar-refractivity contribution in [2.24, 2.45) is 0 Å². The highest BCUT2D eigenvalue weighted by atomic mass is 35.5. The van der Waals surface area contributed by atoms with Crippen LogP contribution in [0, 0.1) is 0 Å². The molecule has 6 heteroatoms. The van der Waals surface area contributed by atoms with Gasteiger partial charge in [0.15, 0.2) is 0 Å². The van der Waals surface area contributed by atoms with E-state index in [2.05, 4.69) is 22.8 Å². The van der Waals surface area contributed by atoms with Crippen LogP contribution in [0.15, 0.2) is 24.3 Å². The second kappa shape index (κ2) is 8.52. The van der Waals surface area contributed by atoms with E-state index in [0.717, 1.165) is 17.9 Å². The van der Waals surface area contributed by atoms with Crippen molar-refractivity contribution in [3.63, 3.8) is 0 Å². The number of benzene rings is 1. The van der Waals surface area contributed by atoms with Crippen molar-refractivity contribution in [1.29, 1.82) is 0 Å². The lowest BCUT2D eigenvalue weighted by atomic mass is 9.69. The van der Waals surface area contributed by atoms with E-state index in [1.54, 1.807) is 0 Å². The highest BCUT2D eigenvalue weighted by Gasteiger charge is 2.35. The van der Waals surface area contributed by atoms with E-state index in [9.17, 15) is 9.90 Å². The minimum absolute atomic E-state index is 0. The van der Waals surface area contributed by atoms with E-state index in [1.165, 1.54) is 24.8 Å². The first-order valence-electron chi connectivity index (χ1n) is 8.54. The lowest BCUT2D eigenvalue weighted by Gasteiger charge is -2.38. The van der Waals surface area contributed by atoms with Crippen molar-refractivity contribution in [2.75, 3.05) is 13.1 Å². The Morgan fingerprint density at radius 1 is 1.25 bits per heavy atom. The van der Waals surface area contributed by atoms with Gasteiger partial charge in [-0.25, -0.2) is 0 Å². The Kier molecular flexibility index (Phi) is 6.93. The van der Waals surface area contributed by atoms with E-state index in [4.69, 9.17) is 11.6 Å². The van der Waals surface area contributed by atoms with Crippen molar-refractivity contribution in [1.82, 2.24) is 10.6 Å². The molecule has 1 aromatic carbocycles. The molecule has 4 nitrogen and oxygen atoms in total. The first kappa shape index (κ1) is 19.5. The van der Waals surface area contributed by atoms with Crippen molar-refractivity contribution in [3.8, 4) is 0 Å². The molecule has 1 aliphatic heterocycles. The van der Waals surface area contributed by atoms with Crippen molar-refractivity contribution < 1.29 is 9.90 Å². The fourth-order valence-corrected chi connectivity index (χ4v) is 4.02. The zero-order valence-electron chi connectivity index (χ0n) is 13.8. The zero-order valence-corrected chi connectivity index (χ0v) is 15.3. The molecule has 0 aromatic heterocycles. The molecule has 2 aliphatic rings. The summed E-state index contributed by atoms with van der Waals surface area (Å²) >= 11 is 6.02. The largest absolute Gasteiger partial charge is 0.392 e. The molecule has 1 aromatic rings. The normalized spacial score (nSPS) is 25.8. The molecule has 0 radical (unpaired) electrons. The quantitative estimate of drug-likeness (QED) is 0.761. The second-order valence-corrected chi connectivity index (χ2v) is 7.35. The third-order valence-electron chi connectivity index (χ3n) is 5.29. The van der Waals surface area contributed by atoms with Gasteiger partial charge in [0.05, 0.1) is 12.1 Å². The molecule has 2 fully saturated rings. The van der Waals surface area contributed by atoms with Gasteiger partial charge < -0.3 is 15.7 Å². The lowest BCUT2D eigenvalue weighted by molar-refractivity contribution is -0.123. The Morgan fingerprint density at radius 2 is 1.92 bits per heavy atom. The Hall–Kier alpha value is -0.810. The highest BCUT2D eigenvalue weighted by Crippen LogP contribution is 2.39. The summed E-state index contributed by atoms with van der Waals surface area (Å²) < 4.78 is 0. The van der Waals surface area contributed by atoms with Gasteiger partial charge in [-0.3, -0.25) is 4.79 Å². The minimum atomic E-state index is -0.411. The Balaban J connectivity index is 0.00000208. The fraction of sp³-hybridized carbons (Fsp3) is 0.611. The van der Waals surface area contributed by atoms with E-state index in [0.29, 0.717) is 19.5 Å². The molecule has 1 saturated carbocycles. The molecule has 0 bridgehead atoms. The van der Waals surface area contributed by atoms with Crippen molar-refractivity contribution in [3.05, 3.63) is 34.9 Å². The summed E-state index contributed by atoms with van der Waals surface area (Å²) in [5, 5.41) is 16.5. The van der Waals surface area contributed by atoms with E-state index in [-0.39, 0.29) is 29.8 Å². The van der Waals surface area contributed by atoms with E-state index in [1.807, 2.05) is 12.1 Å². The van der Waals surface area contributed by atoms with Gasteiger partial charge in [0, 0.05) is 23.5 Å². The molecule has 3 N–H and O–H groups in total. The third-order valence-corrected chi connectivity index (χ3v) is 5.54. The molecule has 24 heavy (non-hydrogen) atoms. The summed E-state index contributed by atoms with van der Waals surface area (Å²) in [5.74, 6) is 0.000428. The molecule has 0 spiro atoms. The highest BCUT2D eigenvalue weighted by molar-refractivity contribution is 6.30. The molecule has 1 saturated heterocycles. The number of hydrogen-bond acceptors (Lipinski definition) is 3. The molecule has 3 rings (SSSR count). The molecule has 134 valence electrons. The third kappa shape index (κ3) is 4.42. The van der Waals surface area contributed by atoms with Crippen LogP contribution in [0.2, 0.25) is 5.02 Å². The van der Waals surface area contributed by atoms with E-state index < -0.39 is 6.10 Å². The number of aliphatic hydroxyl groups is 1. The monoisotopic (exact) mass is 372 g/mol. The fourth-order valence-electron chi connectivity index (χ4n) is 3.90. The summed E-state index contributed by atoms with van der Waals surface area (Å²) in [5.41, 5.74) is 1.27. The van der Waals surface area contributed by atoms with Gasteiger partial charge in [0.1, 0.15) is 0 Å². The summed E-state index contributed by atoms with van der Waals surface area (Å²) in [4.78, 5) is 12.4. The SMILES string of the molecule is Cl.O=C(NCC1(c2ccc(Cl)cc2)CCCCC1)C1CC(O)CN1. The molecular weight excluding hydrogens is 347 g/mol. The Morgan fingerprint density at radius 3 is 2.50 bits per heavy atom. The summed E-state index contributed by atoms with van der Waals surface area (Å²) in [6.07, 6.45) is 5.92.